The lowest BCUT2D eigenvalue weighted by atomic mass is 9.92. The number of hydrogen-bond acceptors (Lipinski definition) is 5. The topological polar surface area (TPSA) is 84.6 Å². The molecule has 6 heteroatoms. The molecule has 2 N–H and O–H groups in total. The Morgan fingerprint density at radius 1 is 1.50 bits per heavy atom. The number of rotatable bonds is 7. The van der Waals surface area contributed by atoms with Crippen LogP contribution in [0.15, 0.2) is 18.2 Å². The van der Waals surface area contributed by atoms with Crippen LogP contribution in [0.25, 0.3) is 0 Å². The molecule has 0 aromatic heterocycles. The van der Waals surface area contributed by atoms with Gasteiger partial charge in [0.25, 0.3) is 0 Å². The summed E-state index contributed by atoms with van der Waals surface area (Å²) < 4.78 is 4.95. The third-order valence-electron chi connectivity index (χ3n) is 3.50. The minimum absolute atomic E-state index is 0.0533. The molecule has 0 spiro atoms. The Balaban J connectivity index is 2.70. The first-order chi connectivity index (χ1) is 9.27. The van der Waals surface area contributed by atoms with Crippen LogP contribution in [0.1, 0.15) is 26.3 Å². The van der Waals surface area contributed by atoms with E-state index < -0.39 is 10.5 Å². The molecule has 6 nitrogen and oxygen atoms in total. The fourth-order valence-corrected chi connectivity index (χ4v) is 1.65. The molecular formula is C14H22N2O4. The van der Waals surface area contributed by atoms with E-state index in [1.165, 1.54) is 13.2 Å². The largest absolute Gasteiger partial charge is 0.490 e. The van der Waals surface area contributed by atoms with Gasteiger partial charge in [-0.2, -0.15) is 0 Å². The molecule has 1 unspecified atom stereocenters. The fourth-order valence-electron chi connectivity index (χ4n) is 1.65. The Morgan fingerprint density at radius 2 is 2.15 bits per heavy atom. The van der Waals surface area contributed by atoms with Gasteiger partial charge in [0.15, 0.2) is 5.75 Å². The van der Waals surface area contributed by atoms with Crippen molar-refractivity contribution in [2.24, 2.45) is 5.92 Å². The smallest absolute Gasteiger partial charge is 0.311 e. The molecule has 20 heavy (non-hydrogen) atoms. The molecule has 0 aliphatic carbocycles. The summed E-state index contributed by atoms with van der Waals surface area (Å²) in [5.74, 6) is 0.369. The molecule has 0 saturated carbocycles. The van der Waals surface area contributed by atoms with E-state index in [1.54, 1.807) is 19.1 Å². The second-order valence-electron chi connectivity index (χ2n) is 5.38. The Kier molecular flexibility index (Phi) is 5.47. The third kappa shape index (κ3) is 4.18. The number of nitro benzene ring substituents is 1. The van der Waals surface area contributed by atoms with Crippen molar-refractivity contribution in [2.75, 3.05) is 13.7 Å². The Bertz CT molecular complexity index is 472. The van der Waals surface area contributed by atoms with Crippen molar-refractivity contribution in [3.63, 3.8) is 0 Å². The van der Waals surface area contributed by atoms with Crippen molar-refractivity contribution in [1.29, 1.82) is 0 Å². The zero-order valence-corrected chi connectivity index (χ0v) is 12.3. The second kappa shape index (κ2) is 6.67. The zero-order valence-electron chi connectivity index (χ0n) is 12.3. The van der Waals surface area contributed by atoms with Gasteiger partial charge in [-0.25, -0.2) is 0 Å². The van der Waals surface area contributed by atoms with E-state index in [9.17, 15) is 15.2 Å². The minimum Gasteiger partial charge on any atom is -0.490 e. The van der Waals surface area contributed by atoms with E-state index in [0.29, 0.717) is 13.1 Å². The third-order valence-corrected chi connectivity index (χ3v) is 3.50. The number of aliphatic hydroxyl groups is 1. The summed E-state index contributed by atoms with van der Waals surface area (Å²) in [5, 5.41) is 24.1. The molecular weight excluding hydrogens is 260 g/mol. The van der Waals surface area contributed by atoms with Crippen LogP contribution >= 0.6 is 0 Å². The van der Waals surface area contributed by atoms with Crippen LogP contribution in [0.2, 0.25) is 0 Å². The molecule has 0 aliphatic rings. The highest BCUT2D eigenvalue weighted by molar-refractivity contribution is 5.48. The number of nitro groups is 1. The molecule has 1 aromatic rings. The van der Waals surface area contributed by atoms with Crippen LogP contribution in [0.3, 0.4) is 0 Å². The van der Waals surface area contributed by atoms with E-state index in [2.05, 4.69) is 5.32 Å². The maximum Gasteiger partial charge on any atom is 0.311 e. The number of benzene rings is 1. The molecule has 112 valence electrons. The first-order valence-corrected chi connectivity index (χ1v) is 6.52. The maximum atomic E-state index is 10.9. The molecule has 0 saturated heterocycles. The normalized spacial score (nSPS) is 14.1. The van der Waals surface area contributed by atoms with Gasteiger partial charge in [-0.15, -0.1) is 0 Å². The summed E-state index contributed by atoms with van der Waals surface area (Å²) in [4.78, 5) is 10.5. The van der Waals surface area contributed by atoms with Crippen LogP contribution in [-0.2, 0) is 6.54 Å². The van der Waals surface area contributed by atoms with Gasteiger partial charge in [0.2, 0.25) is 0 Å². The molecule has 1 atom stereocenters. The van der Waals surface area contributed by atoms with Gasteiger partial charge in [-0.3, -0.25) is 10.1 Å². The highest BCUT2D eigenvalue weighted by atomic mass is 16.6. The summed E-state index contributed by atoms with van der Waals surface area (Å²) in [7, 11) is 1.40. The van der Waals surface area contributed by atoms with Crippen LogP contribution in [-0.4, -0.2) is 29.3 Å². The van der Waals surface area contributed by atoms with E-state index in [0.717, 1.165) is 5.56 Å². The van der Waals surface area contributed by atoms with Crippen molar-refractivity contribution in [1.82, 2.24) is 5.32 Å². The molecule has 0 amide bonds. The van der Waals surface area contributed by atoms with E-state index in [-0.39, 0.29) is 17.4 Å². The van der Waals surface area contributed by atoms with Gasteiger partial charge in [-0.1, -0.05) is 19.9 Å². The molecule has 0 bridgehead atoms. The Morgan fingerprint density at radius 3 is 2.65 bits per heavy atom. The van der Waals surface area contributed by atoms with Crippen molar-refractivity contribution in [2.45, 2.75) is 32.9 Å². The number of methoxy groups -OCH3 is 1. The average Bonchev–Trinajstić information content (AvgIpc) is 2.38. The highest BCUT2D eigenvalue weighted by Gasteiger charge is 2.24. The molecule has 1 rings (SSSR count). The molecule has 0 radical (unpaired) electrons. The summed E-state index contributed by atoms with van der Waals surface area (Å²) >= 11 is 0. The Labute approximate surface area is 118 Å². The number of nitrogens with one attached hydrogen (secondary N) is 1. The SMILES string of the molecule is COc1ccc(CNCC(C)(O)C(C)C)cc1[N+](=O)[O-]. The molecule has 0 heterocycles. The lowest BCUT2D eigenvalue weighted by Gasteiger charge is -2.28. The lowest BCUT2D eigenvalue weighted by Crippen LogP contribution is -2.41. The number of hydrogen-bond donors (Lipinski definition) is 2. The Hall–Kier alpha value is -1.66. The predicted octanol–water partition coefficient (Wildman–Crippen LogP) is 2.10. The second-order valence-corrected chi connectivity index (χ2v) is 5.38. The van der Waals surface area contributed by atoms with Crippen molar-refractivity contribution in [3.05, 3.63) is 33.9 Å². The quantitative estimate of drug-likeness (QED) is 0.591. The van der Waals surface area contributed by atoms with Crippen molar-refractivity contribution >= 4 is 5.69 Å². The maximum absolute atomic E-state index is 10.9. The van der Waals surface area contributed by atoms with Gasteiger partial charge in [0.1, 0.15) is 0 Å². The fraction of sp³-hybridized carbons (Fsp3) is 0.571. The van der Waals surface area contributed by atoms with Gasteiger partial charge in [0, 0.05) is 19.2 Å². The minimum atomic E-state index is -0.807. The van der Waals surface area contributed by atoms with Crippen molar-refractivity contribution in [3.8, 4) is 5.75 Å². The summed E-state index contributed by atoms with van der Waals surface area (Å²) in [6, 6.07) is 4.83. The zero-order chi connectivity index (χ0) is 15.3. The van der Waals surface area contributed by atoms with Gasteiger partial charge < -0.3 is 15.2 Å². The average molecular weight is 282 g/mol. The number of ether oxygens (including phenoxy) is 1. The van der Waals surface area contributed by atoms with Gasteiger partial charge in [-0.05, 0) is 24.5 Å². The molecule has 1 aromatic carbocycles. The van der Waals surface area contributed by atoms with Crippen LogP contribution < -0.4 is 10.1 Å². The standard InChI is InChI=1S/C14H22N2O4/c1-10(2)14(3,17)9-15-8-11-5-6-13(20-4)12(7-11)16(18)19/h5-7,10,15,17H,8-9H2,1-4H3. The number of nitrogens with zero attached hydrogens (tertiary/aromatic N) is 1. The predicted molar refractivity (Wildman–Crippen MR) is 76.8 cm³/mol. The van der Waals surface area contributed by atoms with Gasteiger partial charge in [0.05, 0.1) is 17.6 Å². The first kappa shape index (κ1) is 16.4. The van der Waals surface area contributed by atoms with Crippen LogP contribution in [0.4, 0.5) is 5.69 Å². The summed E-state index contributed by atoms with van der Waals surface area (Å²) in [6.45, 7) is 6.53. The van der Waals surface area contributed by atoms with Crippen LogP contribution in [0, 0.1) is 16.0 Å². The van der Waals surface area contributed by atoms with Gasteiger partial charge >= 0.3 is 5.69 Å². The van der Waals surface area contributed by atoms with Crippen molar-refractivity contribution < 1.29 is 14.8 Å². The highest BCUT2D eigenvalue weighted by Crippen LogP contribution is 2.27. The molecule has 0 fully saturated rings. The summed E-state index contributed by atoms with van der Waals surface area (Å²) in [5.41, 5.74) is -0.0854. The summed E-state index contributed by atoms with van der Waals surface area (Å²) in [6.07, 6.45) is 0. The first-order valence-electron chi connectivity index (χ1n) is 6.52. The monoisotopic (exact) mass is 282 g/mol. The van der Waals surface area contributed by atoms with E-state index in [1.807, 2.05) is 13.8 Å². The van der Waals surface area contributed by atoms with Crippen LogP contribution in [0.5, 0.6) is 5.75 Å². The van der Waals surface area contributed by atoms with E-state index in [4.69, 9.17) is 4.74 Å². The lowest BCUT2D eigenvalue weighted by molar-refractivity contribution is -0.385. The van der Waals surface area contributed by atoms with E-state index >= 15 is 0 Å². The molecule has 0 aliphatic heterocycles.